The SMILES string of the molecule is CN1CCC(NS(=O)(=O)c2cnn(CCO)c2)C1. The predicted molar refractivity (Wildman–Crippen MR) is 65.5 cm³/mol. The van der Waals surface area contributed by atoms with Crippen LogP contribution in [0.3, 0.4) is 0 Å². The molecule has 2 rings (SSSR count). The normalized spacial score (nSPS) is 21.6. The molecule has 2 N–H and O–H groups in total. The Morgan fingerprint density at radius 1 is 1.61 bits per heavy atom. The van der Waals surface area contributed by atoms with Gasteiger partial charge in [-0.15, -0.1) is 0 Å². The number of nitrogens with zero attached hydrogens (tertiary/aromatic N) is 3. The molecule has 8 heteroatoms. The monoisotopic (exact) mass is 274 g/mol. The number of nitrogens with one attached hydrogen (secondary N) is 1. The van der Waals surface area contributed by atoms with Gasteiger partial charge in [-0.25, -0.2) is 13.1 Å². The Kier molecular flexibility index (Phi) is 4.00. The van der Waals surface area contributed by atoms with Crippen molar-refractivity contribution < 1.29 is 13.5 Å². The highest BCUT2D eigenvalue weighted by Gasteiger charge is 2.26. The predicted octanol–water partition coefficient (Wildman–Crippen LogP) is -1.14. The van der Waals surface area contributed by atoms with Gasteiger partial charge in [-0.1, -0.05) is 0 Å². The summed E-state index contributed by atoms with van der Waals surface area (Å²) in [5.41, 5.74) is 0. The van der Waals surface area contributed by atoms with Crippen molar-refractivity contribution in [3.63, 3.8) is 0 Å². The fourth-order valence-electron chi connectivity index (χ4n) is 2.03. The maximum atomic E-state index is 12.1. The average Bonchev–Trinajstić information content (AvgIpc) is 2.88. The summed E-state index contributed by atoms with van der Waals surface area (Å²) in [6.45, 7) is 1.85. The number of likely N-dealkylation sites (N-methyl/N-ethyl adjacent to an activating group) is 1. The third-order valence-electron chi connectivity index (χ3n) is 2.96. The zero-order chi connectivity index (χ0) is 13.2. The van der Waals surface area contributed by atoms with Crippen molar-refractivity contribution in [3.8, 4) is 0 Å². The van der Waals surface area contributed by atoms with Crippen molar-refractivity contribution in [2.75, 3.05) is 26.7 Å². The standard InChI is InChI=1S/C10H18N4O3S/c1-13-3-2-9(7-13)12-18(16,17)10-6-11-14(8-10)4-5-15/h6,8-9,12,15H,2-5,7H2,1H3. The Bertz CT molecular complexity index is 499. The van der Waals surface area contributed by atoms with Crippen LogP contribution in [0.15, 0.2) is 17.3 Å². The van der Waals surface area contributed by atoms with E-state index in [0.717, 1.165) is 19.5 Å². The van der Waals surface area contributed by atoms with E-state index in [4.69, 9.17) is 5.11 Å². The first-order valence-corrected chi connectivity index (χ1v) is 7.34. The Morgan fingerprint density at radius 3 is 3.00 bits per heavy atom. The third kappa shape index (κ3) is 3.08. The van der Waals surface area contributed by atoms with Crippen LogP contribution < -0.4 is 4.72 Å². The molecule has 1 atom stereocenters. The van der Waals surface area contributed by atoms with Gasteiger partial charge in [0.15, 0.2) is 0 Å². The van der Waals surface area contributed by atoms with Gasteiger partial charge in [-0.05, 0) is 20.0 Å². The van der Waals surface area contributed by atoms with E-state index >= 15 is 0 Å². The summed E-state index contributed by atoms with van der Waals surface area (Å²) in [5, 5.41) is 12.6. The molecule has 7 nitrogen and oxygen atoms in total. The molecule has 0 amide bonds. The van der Waals surface area contributed by atoms with Gasteiger partial charge in [0.2, 0.25) is 10.0 Å². The summed E-state index contributed by atoms with van der Waals surface area (Å²) in [6.07, 6.45) is 3.55. The van der Waals surface area contributed by atoms with Crippen molar-refractivity contribution >= 4 is 10.0 Å². The fourth-order valence-corrected chi connectivity index (χ4v) is 3.24. The van der Waals surface area contributed by atoms with Crippen LogP contribution in [0.4, 0.5) is 0 Å². The Morgan fingerprint density at radius 2 is 2.39 bits per heavy atom. The molecule has 1 saturated heterocycles. The second-order valence-electron chi connectivity index (χ2n) is 4.53. The maximum absolute atomic E-state index is 12.1. The van der Waals surface area contributed by atoms with E-state index in [1.807, 2.05) is 7.05 Å². The summed E-state index contributed by atoms with van der Waals surface area (Å²) in [6, 6.07) is -0.0406. The largest absolute Gasteiger partial charge is 0.394 e. The fraction of sp³-hybridized carbons (Fsp3) is 0.700. The van der Waals surface area contributed by atoms with E-state index in [0.29, 0.717) is 6.54 Å². The van der Waals surface area contributed by atoms with Gasteiger partial charge in [0.05, 0.1) is 19.3 Å². The molecule has 1 aliphatic rings. The van der Waals surface area contributed by atoms with E-state index in [-0.39, 0.29) is 17.5 Å². The number of aromatic nitrogens is 2. The number of hydrogen-bond donors (Lipinski definition) is 2. The lowest BCUT2D eigenvalue weighted by Gasteiger charge is -2.12. The zero-order valence-electron chi connectivity index (χ0n) is 10.3. The molecule has 0 spiro atoms. The smallest absolute Gasteiger partial charge is 0.243 e. The molecule has 0 aliphatic carbocycles. The van der Waals surface area contributed by atoms with Gasteiger partial charge >= 0.3 is 0 Å². The van der Waals surface area contributed by atoms with Crippen LogP contribution in [0, 0.1) is 0 Å². The van der Waals surface area contributed by atoms with E-state index in [9.17, 15) is 8.42 Å². The first kappa shape index (κ1) is 13.5. The summed E-state index contributed by atoms with van der Waals surface area (Å²) in [5.74, 6) is 0. The minimum Gasteiger partial charge on any atom is -0.394 e. The second-order valence-corrected chi connectivity index (χ2v) is 6.25. The second kappa shape index (κ2) is 5.35. The molecule has 2 heterocycles. The topological polar surface area (TPSA) is 87.5 Å². The molecule has 102 valence electrons. The molecule has 0 saturated carbocycles. The van der Waals surface area contributed by atoms with Gasteiger partial charge in [-0.3, -0.25) is 4.68 Å². The number of rotatable bonds is 5. The van der Waals surface area contributed by atoms with E-state index in [1.54, 1.807) is 0 Å². The molecule has 1 aromatic rings. The van der Waals surface area contributed by atoms with E-state index in [2.05, 4.69) is 14.7 Å². The van der Waals surface area contributed by atoms with E-state index in [1.165, 1.54) is 17.1 Å². The van der Waals surface area contributed by atoms with Crippen molar-refractivity contribution in [2.45, 2.75) is 23.9 Å². The van der Waals surface area contributed by atoms with Gasteiger partial charge < -0.3 is 10.0 Å². The van der Waals surface area contributed by atoms with Gasteiger partial charge in [0, 0.05) is 18.8 Å². The number of likely N-dealkylation sites (tertiary alicyclic amines) is 1. The molecule has 18 heavy (non-hydrogen) atoms. The van der Waals surface area contributed by atoms with E-state index < -0.39 is 10.0 Å². The van der Waals surface area contributed by atoms with Crippen molar-refractivity contribution in [2.24, 2.45) is 0 Å². The summed E-state index contributed by atoms with van der Waals surface area (Å²) < 4.78 is 28.2. The first-order chi connectivity index (χ1) is 8.51. The Balaban J connectivity index is 2.05. The summed E-state index contributed by atoms with van der Waals surface area (Å²) >= 11 is 0. The van der Waals surface area contributed by atoms with Crippen LogP contribution >= 0.6 is 0 Å². The van der Waals surface area contributed by atoms with Crippen molar-refractivity contribution in [3.05, 3.63) is 12.4 Å². The highest BCUT2D eigenvalue weighted by atomic mass is 32.2. The van der Waals surface area contributed by atoms with Gasteiger partial charge in [0.25, 0.3) is 0 Å². The quantitative estimate of drug-likeness (QED) is 0.708. The van der Waals surface area contributed by atoms with Crippen molar-refractivity contribution in [1.82, 2.24) is 19.4 Å². The third-order valence-corrected chi connectivity index (χ3v) is 4.44. The minimum absolute atomic E-state index is 0.0406. The number of aliphatic hydroxyl groups is 1. The molecule has 1 fully saturated rings. The lowest BCUT2D eigenvalue weighted by Crippen LogP contribution is -2.36. The van der Waals surface area contributed by atoms with Crippen molar-refractivity contribution in [1.29, 1.82) is 0 Å². The highest BCUT2D eigenvalue weighted by molar-refractivity contribution is 7.89. The molecule has 0 bridgehead atoms. The molecule has 1 aromatic heterocycles. The molecule has 1 aliphatic heterocycles. The van der Waals surface area contributed by atoms with Crippen LogP contribution in [0.25, 0.3) is 0 Å². The highest BCUT2D eigenvalue weighted by Crippen LogP contribution is 2.12. The summed E-state index contributed by atoms with van der Waals surface area (Å²) in [7, 11) is -1.54. The average molecular weight is 274 g/mol. The van der Waals surface area contributed by atoms with Crippen LogP contribution in [0.2, 0.25) is 0 Å². The van der Waals surface area contributed by atoms with Gasteiger partial charge in [0.1, 0.15) is 4.90 Å². The number of sulfonamides is 1. The molecule has 0 radical (unpaired) electrons. The maximum Gasteiger partial charge on any atom is 0.243 e. The lowest BCUT2D eigenvalue weighted by atomic mass is 10.3. The van der Waals surface area contributed by atoms with Crippen LogP contribution in [0.5, 0.6) is 0 Å². The minimum atomic E-state index is -3.51. The molecular weight excluding hydrogens is 256 g/mol. The van der Waals surface area contributed by atoms with Crippen LogP contribution in [0.1, 0.15) is 6.42 Å². The lowest BCUT2D eigenvalue weighted by molar-refractivity contribution is 0.269. The molecule has 1 unspecified atom stereocenters. The first-order valence-electron chi connectivity index (χ1n) is 5.85. The zero-order valence-corrected chi connectivity index (χ0v) is 11.1. The van der Waals surface area contributed by atoms with Crippen LogP contribution in [-0.4, -0.2) is 61.0 Å². The van der Waals surface area contributed by atoms with Gasteiger partial charge in [-0.2, -0.15) is 5.10 Å². The Labute approximate surface area is 106 Å². The molecule has 0 aromatic carbocycles. The molecular formula is C10H18N4O3S. The summed E-state index contributed by atoms with van der Waals surface area (Å²) in [4.78, 5) is 2.23. The van der Waals surface area contributed by atoms with Crippen LogP contribution in [-0.2, 0) is 16.6 Å². The number of hydrogen-bond acceptors (Lipinski definition) is 5. The number of aliphatic hydroxyl groups excluding tert-OH is 1. The Hall–Kier alpha value is -0.960.